The molecule has 1 unspecified atom stereocenters. The van der Waals surface area contributed by atoms with Gasteiger partial charge in [-0.2, -0.15) is 5.26 Å². The van der Waals surface area contributed by atoms with Crippen LogP contribution >= 0.6 is 11.8 Å². The van der Waals surface area contributed by atoms with Crippen molar-refractivity contribution in [2.75, 3.05) is 46.5 Å². The number of fused-ring (bicyclic) bond motifs is 9. The minimum Gasteiger partial charge on any atom is -0.493 e. The number of nitrogens with one attached hydrogen (secondary N) is 1. The van der Waals surface area contributed by atoms with Gasteiger partial charge in [-0.15, -0.1) is 18.3 Å². The number of aryl methyl sites for hydroxylation is 1. The van der Waals surface area contributed by atoms with Crippen molar-refractivity contribution >= 4 is 36.0 Å². The maximum Gasteiger partial charge on any atom is 0.514 e. The van der Waals surface area contributed by atoms with E-state index < -0.39 is 76.4 Å². The number of thioether (sulfide) groups is 1. The molecule has 3 aromatic rings. The Hall–Kier alpha value is -6.20. The first-order valence-corrected chi connectivity index (χ1v) is 24.6. The van der Waals surface area contributed by atoms with Crippen LogP contribution < -0.4 is 38.5 Å². The number of hydrogen-bond donors (Lipinski definition) is 1. The Morgan fingerprint density at radius 3 is 2.25 bits per heavy atom. The topological polar surface area (TPSA) is 203 Å². The van der Waals surface area contributed by atoms with Gasteiger partial charge in [-0.3, -0.25) is 19.9 Å². The molecule has 0 amide bonds. The third-order valence-electron chi connectivity index (χ3n) is 13.7. The molecule has 3 aromatic carbocycles. The fourth-order valence-electron chi connectivity index (χ4n) is 11.3. The Balaban J connectivity index is 1.30. The summed E-state index contributed by atoms with van der Waals surface area (Å²) >= 11 is 1.42. The van der Waals surface area contributed by atoms with Crippen LogP contribution in [0.4, 0.5) is 9.59 Å². The number of hydrogen-bond acceptors (Lipinski definition) is 19. The van der Waals surface area contributed by atoms with Crippen molar-refractivity contribution in [3.8, 4) is 46.3 Å². The van der Waals surface area contributed by atoms with Gasteiger partial charge in [-0.25, -0.2) is 14.4 Å². The summed E-state index contributed by atoms with van der Waals surface area (Å²) in [5.41, 5.74) is 1.94. The molecule has 18 nitrogen and oxygen atoms in total. The maximum absolute atomic E-state index is 15.3. The average molecular weight is 997 g/mol. The lowest BCUT2D eigenvalue weighted by Gasteiger charge is -2.62. The van der Waals surface area contributed by atoms with E-state index in [0.29, 0.717) is 82.1 Å². The van der Waals surface area contributed by atoms with Gasteiger partial charge in [0.05, 0.1) is 37.6 Å². The first-order valence-electron chi connectivity index (χ1n) is 23.6. The Morgan fingerprint density at radius 1 is 0.901 bits per heavy atom. The molecule has 7 atom stereocenters. The van der Waals surface area contributed by atoms with E-state index in [1.807, 2.05) is 13.0 Å². The van der Waals surface area contributed by atoms with Crippen LogP contribution in [0.5, 0.6) is 40.2 Å². The molecule has 71 heavy (non-hydrogen) atoms. The quantitative estimate of drug-likeness (QED) is 0.0790. The number of carbonyl (C=O) groups is 4. The van der Waals surface area contributed by atoms with Crippen LogP contribution in [0.3, 0.4) is 0 Å². The number of methoxy groups -OCH3 is 2. The molecule has 0 radical (unpaired) electrons. The zero-order valence-electron chi connectivity index (χ0n) is 41.9. The molecule has 7 heterocycles. The van der Waals surface area contributed by atoms with Crippen molar-refractivity contribution in [3.05, 3.63) is 75.4 Å². The van der Waals surface area contributed by atoms with Gasteiger partial charge < -0.3 is 47.4 Å². The number of ether oxygens (including phenoxy) is 10. The van der Waals surface area contributed by atoms with Gasteiger partial charge in [0.15, 0.2) is 40.0 Å². The highest BCUT2D eigenvalue weighted by Crippen LogP contribution is 2.65. The van der Waals surface area contributed by atoms with E-state index in [1.165, 1.54) is 32.9 Å². The first kappa shape index (κ1) is 49.8. The Bertz CT molecular complexity index is 2780. The van der Waals surface area contributed by atoms with E-state index in [-0.39, 0.29) is 42.2 Å². The van der Waals surface area contributed by atoms with Crippen LogP contribution in [-0.4, -0.2) is 110 Å². The van der Waals surface area contributed by atoms with Gasteiger partial charge >= 0.3 is 24.2 Å². The van der Waals surface area contributed by atoms with Crippen LogP contribution in [0.25, 0.3) is 0 Å². The number of benzene rings is 3. The van der Waals surface area contributed by atoms with Gasteiger partial charge in [0, 0.05) is 60.1 Å². The van der Waals surface area contributed by atoms with Crippen molar-refractivity contribution in [1.29, 1.82) is 5.26 Å². The van der Waals surface area contributed by atoms with Crippen LogP contribution in [0.2, 0.25) is 0 Å². The molecule has 19 heteroatoms. The highest BCUT2D eigenvalue weighted by atomic mass is 32.2. The van der Waals surface area contributed by atoms with E-state index in [0.717, 1.165) is 5.56 Å². The molecule has 1 N–H and O–H groups in total. The van der Waals surface area contributed by atoms with Gasteiger partial charge in [0.1, 0.15) is 29.6 Å². The van der Waals surface area contributed by atoms with E-state index in [4.69, 9.17) is 47.4 Å². The van der Waals surface area contributed by atoms with E-state index in [2.05, 4.69) is 27.8 Å². The normalized spacial score (nSPS) is 25.2. The van der Waals surface area contributed by atoms with Crippen molar-refractivity contribution in [1.82, 2.24) is 15.1 Å². The molecule has 0 saturated carbocycles. The lowest BCUT2D eigenvalue weighted by Crippen LogP contribution is -2.70. The summed E-state index contributed by atoms with van der Waals surface area (Å²) in [5, 5.41) is 14.4. The van der Waals surface area contributed by atoms with Gasteiger partial charge in [-0.05, 0) is 103 Å². The minimum atomic E-state index is -1.52. The lowest BCUT2D eigenvalue weighted by molar-refractivity contribution is -0.157. The summed E-state index contributed by atoms with van der Waals surface area (Å²) in [5.74, 6) is 0.715. The second-order valence-corrected chi connectivity index (χ2v) is 21.6. The van der Waals surface area contributed by atoms with E-state index in [1.54, 1.807) is 66.7 Å². The van der Waals surface area contributed by atoms with Crippen molar-refractivity contribution in [2.45, 2.75) is 127 Å². The van der Waals surface area contributed by atoms with E-state index >= 15 is 4.79 Å². The zero-order valence-corrected chi connectivity index (χ0v) is 42.7. The monoisotopic (exact) mass is 996 g/mol. The average Bonchev–Trinajstić information content (AvgIpc) is 3.78. The molecular formula is C52H60N4O14S. The zero-order chi connectivity index (χ0) is 51.1. The Kier molecular flexibility index (Phi) is 12.9. The van der Waals surface area contributed by atoms with Gasteiger partial charge in [-0.1, -0.05) is 12.1 Å². The number of nitriles is 1. The fourth-order valence-corrected chi connectivity index (χ4v) is 13.0. The van der Waals surface area contributed by atoms with Crippen molar-refractivity contribution in [2.24, 2.45) is 0 Å². The highest BCUT2D eigenvalue weighted by molar-refractivity contribution is 7.99. The first-order chi connectivity index (χ1) is 33.6. The number of rotatable bonds is 7. The van der Waals surface area contributed by atoms with Gasteiger partial charge in [0.25, 0.3) is 0 Å². The molecule has 4 bridgehead atoms. The smallest absolute Gasteiger partial charge is 0.493 e. The molecule has 2 fully saturated rings. The Labute approximate surface area is 417 Å². The fraction of sp³-hybridized carbons (Fsp3) is 0.519. The SMILES string of the molecule is C=CCN1[C@@H]2Cc3cc(C)c(OC)c(OC(=O)OC(C)(C)C)c3[C@H]1C1[C@@H]3SC[C@]4(NCCc5cc(OC(=O)OC(C)(C)C)c(OC)cc54)C(=O)OC[C@@H](c4c5c(c(C)c(OC(C)=O)c43)OCO5)N1[C@H]2C#N. The van der Waals surface area contributed by atoms with Crippen molar-refractivity contribution < 1.29 is 66.5 Å². The molecule has 1 spiro atoms. The standard InChI is InChI=1S/C52H60N4O14S/c1-13-16-55-31-18-29-17-25(2)41(62-12)45(68-49(60)70-51(8,9)10)36(29)39(55)40-46-38-37(44-43(64-24-65-44)26(3)42(38)66-27(4)57)33(56(40)32(31)21-53)22-63-47(58)52(23-71-46)30-20-34(61-11)35(19-28(30)14-15-54-52)67-48(59)69-50(5,6)7/h13,17,19-20,31-33,39-40,46,54H,1,14-16,18,22-24H2,2-12H3/t31-,32+,33+,39+,40?,46-,52-/m1/s1. The highest BCUT2D eigenvalue weighted by Gasteiger charge is 2.62. The predicted molar refractivity (Wildman–Crippen MR) is 258 cm³/mol. The van der Waals surface area contributed by atoms with Crippen molar-refractivity contribution in [3.63, 3.8) is 0 Å². The van der Waals surface area contributed by atoms with Crippen LogP contribution in [0.15, 0.2) is 30.9 Å². The predicted octanol–water partition coefficient (Wildman–Crippen LogP) is 7.76. The molecule has 0 aliphatic carbocycles. The number of carbonyl (C=O) groups excluding carboxylic acids is 4. The molecule has 10 rings (SSSR count). The van der Waals surface area contributed by atoms with Crippen LogP contribution in [0.1, 0.15) is 110 Å². The lowest BCUT2D eigenvalue weighted by atomic mass is 9.71. The van der Waals surface area contributed by atoms with Crippen LogP contribution in [0, 0.1) is 25.2 Å². The summed E-state index contributed by atoms with van der Waals surface area (Å²) < 4.78 is 60.4. The summed E-state index contributed by atoms with van der Waals surface area (Å²) in [6, 6.07) is 4.53. The summed E-state index contributed by atoms with van der Waals surface area (Å²) in [6.45, 7) is 19.9. The largest absolute Gasteiger partial charge is 0.514 e. The number of nitrogens with zero attached hydrogens (tertiary/aromatic N) is 3. The second-order valence-electron chi connectivity index (χ2n) is 20.5. The molecule has 7 aliphatic heterocycles. The van der Waals surface area contributed by atoms with Crippen LogP contribution in [-0.2, 0) is 42.2 Å². The molecule has 378 valence electrons. The minimum absolute atomic E-state index is 0.0283. The number of piperazine rings is 1. The molecular weight excluding hydrogens is 937 g/mol. The molecule has 0 aromatic heterocycles. The Morgan fingerprint density at radius 2 is 1.61 bits per heavy atom. The second kappa shape index (κ2) is 18.4. The van der Waals surface area contributed by atoms with E-state index in [9.17, 15) is 19.6 Å². The molecule has 7 aliphatic rings. The number of esters is 2. The third kappa shape index (κ3) is 8.55. The molecule has 2 saturated heterocycles. The van der Waals surface area contributed by atoms with Gasteiger partial charge in [0.2, 0.25) is 6.79 Å². The summed E-state index contributed by atoms with van der Waals surface area (Å²) in [4.78, 5) is 59.8. The summed E-state index contributed by atoms with van der Waals surface area (Å²) in [6.07, 6.45) is 0.760. The summed E-state index contributed by atoms with van der Waals surface area (Å²) in [7, 11) is 2.96. The maximum atomic E-state index is 15.3. The third-order valence-corrected chi connectivity index (χ3v) is 15.2.